The number of carbonyl (C=O) groups is 3. The zero-order chi connectivity index (χ0) is 21.7. The number of likely N-dealkylation sites (tertiary alicyclic amines) is 2. The molecule has 3 rings (SSSR count). The van der Waals surface area contributed by atoms with Gasteiger partial charge in [0.2, 0.25) is 5.91 Å². The van der Waals surface area contributed by atoms with E-state index in [-0.39, 0.29) is 17.9 Å². The first-order valence-corrected chi connectivity index (χ1v) is 10.9. The molecule has 7 nitrogen and oxygen atoms in total. The van der Waals surface area contributed by atoms with Crippen LogP contribution in [0.4, 0.5) is 4.79 Å². The fourth-order valence-corrected chi connectivity index (χ4v) is 4.01. The van der Waals surface area contributed by atoms with E-state index in [0.29, 0.717) is 31.6 Å². The van der Waals surface area contributed by atoms with Crippen molar-refractivity contribution in [3.05, 3.63) is 35.4 Å². The van der Waals surface area contributed by atoms with Crippen molar-refractivity contribution >= 4 is 17.9 Å². The molecule has 2 fully saturated rings. The minimum Gasteiger partial charge on any atom is -0.444 e. The smallest absolute Gasteiger partial charge is 0.407 e. The number of nitrogens with zero attached hydrogens (tertiary/aromatic N) is 2. The second kappa shape index (κ2) is 9.49. The summed E-state index contributed by atoms with van der Waals surface area (Å²) in [4.78, 5) is 40.6. The number of rotatable bonds is 5. The average molecular weight is 416 g/mol. The highest BCUT2D eigenvalue weighted by Crippen LogP contribution is 2.21. The molecule has 0 saturated carbocycles. The van der Waals surface area contributed by atoms with Gasteiger partial charge in [0.15, 0.2) is 0 Å². The van der Waals surface area contributed by atoms with Crippen LogP contribution in [0.1, 0.15) is 68.8 Å². The van der Waals surface area contributed by atoms with Crippen molar-refractivity contribution in [2.24, 2.45) is 0 Å². The minimum atomic E-state index is -0.548. The largest absolute Gasteiger partial charge is 0.444 e. The highest BCUT2D eigenvalue weighted by molar-refractivity contribution is 5.94. The number of hydrogen-bond acceptors (Lipinski definition) is 4. The Hall–Kier alpha value is -2.57. The predicted octanol–water partition coefficient (Wildman–Crippen LogP) is 3.33. The van der Waals surface area contributed by atoms with Crippen molar-refractivity contribution in [1.29, 1.82) is 0 Å². The van der Waals surface area contributed by atoms with Gasteiger partial charge in [-0.05, 0) is 64.2 Å². The molecule has 1 unspecified atom stereocenters. The number of hydrogen-bond donors (Lipinski definition) is 1. The second-order valence-corrected chi connectivity index (χ2v) is 9.15. The van der Waals surface area contributed by atoms with Crippen molar-refractivity contribution < 1.29 is 19.1 Å². The average Bonchev–Trinajstić information content (AvgIpc) is 3.10. The van der Waals surface area contributed by atoms with Crippen LogP contribution in [0.2, 0.25) is 0 Å². The highest BCUT2D eigenvalue weighted by Gasteiger charge is 2.28. The lowest BCUT2D eigenvalue weighted by molar-refractivity contribution is -0.128. The van der Waals surface area contributed by atoms with Crippen LogP contribution in [0.5, 0.6) is 0 Å². The summed E-state index contributed by atoms with van der Waals surface area (Å²) in [6.45, 7) is 7.95. The third kappa shape index (κ3) is 5.97. The highest BCUT2D eigenvalue weighted by atomic mass is 16.6. The van der Waals surface area contributed by atoms with Crippen LogP contribution < -0.4 is 5.32 Å². The summed E-state index contributed by atoms with van der Waals surface area (Å²) in [7, 11) is 0. The Labute approximate surface area is 178 Å². The van der Waals surface area contributed by atoms with Gasteiger partial charge in [0.1, 0.15) is 5.60 Å². The zero-order valence-electron chi connectivity index (χ0n) is 18.3. The number of carbonyl (C=O) groups excluding carboxylic acids is 3. The summed E-state index contributed by atoms with van der Waals surface area (Å²) < 4.78 is 5.30. The molecule has 1 aromatic rings. The van der Waals surface area contributed by atoms with Gasteiger partial charge in [-0.3, -0.25) is 9.59 Å². The Kier molecular flexibility index (Phi) is 7.00. The molecular weight excluding hydrogens is 382 g/mol. The summed E-state index contributed by atoms with van der Waals surface area (Å²) in [5.74, 6) is 0.179. The molecule has 2 aliphatic heterocycles. The maximum absolute atomic E-state index is 13.1. The Morgan fingerprint density at radius 2 is 1.83 bits per heavy atom. The number of amides is 3. The van der Waals surface area contributed by atoms with E-state index in [0.717, 1.165) is 37.8 Å². The van der Waals surface area contributed by atoms with Gasteiger partial charge in [-0.25, -0.2) is 4.79 Å². The van der Waals surface area contributed by atoms with Gasteiger partial charge in [-0.15, -0.1) is 0 Å². The maximum Gasteiger partial charge on any atom is 0.407 e. The molecule has 1 N–H and O–H groups in total. The van der Waals surface area contributed by atoms with Gasteiger partial charge >= 0.3 is 6.09 Å². The molecule has 0 spiro atoms. The molecule has 1 aromatic carbocycles. The predicted molar refractivity (Wildman–Crippen MR) is 114 cm³/mol. The Morgan fingerprint density at radius 3 is 2.47 bits per heavy atom. The van der Waals surface area contributed by atoms with Gasteiger partial charge in [0, 0.05) is 44.2 Å². The number of ether oxygens (including phenoxy) is 1. The van der Waals surface area contributed by atoms with Crippen LogP contribution in [-0.4, -0.2) is 59.0 Å². The fourth-order valence-electron chi connectivity index (χ4n) is 4.01. The summed E-state index contributed by atoms with van der Waals surface area (Å²) in [6.07, 6.45) is 3.95. The van der Waals surface area contributed by atoms with E-state index < -0.39 is 11.7 Å². The Morgan fingerprint density at radius 1 is 1.10 bits per heavy atom. The molecule has 3 amide bonds. The molecule has 2 aliphatic rings. The summed E-state index contributed by atoms with van der Waals surface area (Å²) in [5, 5.41) is 2.81. The van der Waals surface area contributed by atoms with Crippen LogP contribution >= 0.6 is 0 Å². The van der Waals surface area contributed by atoms with E-state index >= 15 is 0 Å². The first-order chi connectivity index (χ1) is 14.2. The van der Waals surface area contributed by atoms with Crippen molar-refractivity contribution in [2.45, 2.75) is 71.1 Å². The number of piperidine rings is 1. The minimum absolute atomic E-state index is 0.0190. The van der Waals surface area contributed by atoms with Crippen molar-refractivity contribution in [3.63, 3.8) is 0 Å². The molecule has 2 saturated heterocycles. The Bertz CT molecular complexity index is 770. The van der Waals surface area contributed by atoms with Gasteiger partial charge in [-0.2, -0.15) is 0 Å². The van der Waals surface area contributed by atoms with Gasteiger partial charge in [-0.1, -0.05) is 12.1 Å². The van der Waals surface area contributed by atoms with Crippen molar-refractivity contribution in [2.75, 3.05) is 19.6 Å². The molecule has 2 heterocycles. The van der Waals surface area contributed by atoms with Crippen molar-refractivity contribution in [1.82, 2.24) is 15.1 Å². The molecule has 30 heavy (non-hydrogen) atoms. The van der Waals surface area contributed by atoms with Crippen LogP contribution in [0, 0.1) is 0 Å². The molecule has 1 atom stereocenters. The van der Waals surface area contributed by atoms with Gasteiger partial charge < -0.3 is 19.9 Å². The van der Waals surface area contributed by atoms with Crippen LogP contribution in [0.3, 0.4) is 0 Å². The molecule has 0 aromatic heterocycles. The summed E-state index contributed by atoms with van der Waals surface area (Å²) in [5.41, 5.74) is 1.12. The summed E-state index contributed by atoms with van der Waals surface area (Å²) >= 11 is 0. The first kappa shape index (κ1) is 22.1. The third-order valence-electron chi connectivity index (χ3n) is 5.51. The lowest BCUT2D eigenvalue weighted by Crippen LogP contribution is -2.50. The van der Waals surface area contributed by atoms with E-state index in [1.54, 1.807) is 0 Å². The van der Waals surface area contributed by atoms with Crippen LogP contribution in [0.15, 0.2) is 24.3 Å². The second-order valence-electron chi connectivity index (χ2n) is 9.15. The monoisotopic (exact) mass is 415 g/mol. The topological polar surface area (TPSA) is 79.0 Å². The Balaban J connectivity index is 1.59. The number of benzene rings is 1. The van der Waals surface area contributed by atoms with E-state index in [2.05, 4.69) is 5.32 Å². The number of alkyl carbamates (subject to hydrolysis) is 1. The lowest BCUT2D eigenvalue weighted by Gasteiger charge is -2.36. The SMILES string of the molecule is CC(C)(C)OC(=O)NCC1CCCCN1C(=O)c1ccc(CN2CCCC2=O)cc1. The fraction of sp³-hybridized carbons (Fsp3) is 0.609. The van der Waals surface area contributed by atoms with Crippen LogP contribution in [0.25, 0.3) is 0 Å². The van der Waals surface area contributed by atoms with E-state index in [1.165, 1.54) is 0 Å². The first-order valence-electron chi connectivity index (χ1n) is 10.9. The normalized spacial score (nSPS) is 19.7. The third-order valence-corrected chi connectivity index (χ3v) is 5.51. The lowest BCUT2D eigenvalue weighted by atomic mass is 10.0. The quantitative estimate of drug-likeness (QED) is 0.800. The van der Waals surface area contributed by atoms with Gasteiger partial charge in [0.05, 0.1) is 0 Å². The van der Waals surface area contributed by atoms with Crippen LogP contribution in [-0.2, 0) is 16.1 Å². The summed E-state index contributed by atoms with van der Waals surface area (Å²) in [6, 6.07) is 7.49. The molecule has 164 valence electrons. The maximum atomic E-state index is 13.1. The van der Waals surface area contributed by atoms with E-state index in [9.17, 15) is 14.4 Å². The van der Waals surface area contributed by atoms with Gasteiger partial charge in [0.25, 0.3) is 5.91 Å². The standard InChI is InChI=1S/C23H33N3O4/c1-23(2,3)30-22(29)24-15-19-7-4-5-14-26(19)21(28)18-11-9-17(10-12-18)16-25-13-6-8-20(25)27/h9-12,19H,4-8,13-16H2,1-3H3,(H,24,29). The number of nitrogens with one attached hydrogen (secondary N) is 1. The van der Waals surface area contributed by atoms with E-state index in [4.69, 9.17) is 4.74 Å². The van der Waals surface area contributed by atoms with E-state index in [1.807, 2.05) is 54.8 Å². The molecule has 0 aliphatic carbocycles. The molecule has 0 bridgehead atoms. The van der Waals surface area contributed by atoms with Crippen molar-refractivity contribution in [3.8, 4) is 0 Å². The molecule has 7 heteroatoms. The molecular formula is C23H33N3O4. The molecule has 0 radical (unpaired) electrons. The zero-order valence-corrected chi connectivity index (χ0v) is 18.3.